The number of benzene rings is 1. The monoisotopic (exact) mass is 234 g/mol. The van der Waals surface area contributed by atoms with Crippen molar-refractivity contribution < 1.29 is 4.74 Å². The van der Waals surface area contributed by atoms with E-state index in [9.17, 15) is 0 Å². The summed E-state index contributed by atoms with van der Waals surface area (Å²) in [6, 6.07) is 8.26. The number of rotatable bonds is 4. The van der Waals surface area contributed by atoms with Crippen LogP contribution in [0, 0.1) is 6.92 Å². The van der Waals surface area contributed by atoms with Crippen molar-refractivity contribution in [2.45, 2.75) is 6.92 Å². The van der Waals surface area contributed by atoms with Crippen LogP contribution in [0.5, 0.6) is 5.75 Å². The van der Waals surface area contributed by atoms with Gasteiger partial charge in [-0.05, 0) is 26.1 Å². The number of piperazine rings is 1. The van der Waals surface area contributed by atoms with Gasteiger partial charge in [-0.1, -0.05) is 17.7 Å². The molecule has 1 aliphatic rings. The van der Waals surface area contributed by atoms with Crippen LogP contribution in [0.2, 0.25) is 0 Å². The molecule has 1 fully saturated rings. The first-order chi connectivity index (χ1) is 8.24. The Balaban J connectivity index is 1.67. The molecule has 0 amide bonds. The Morgan fingerprint density at radius 2 is 1.71 bits per heavy atom. The van der Waals surface area contributed by atoms with Crippen LogP contribution in [-0.2, 0) is 0 Å². The van der Waals surface area contributed by atoms with E-state index in [4.69, 9.17) is 4.74 Å². The molecule has 0 atom stereocenters. The highest BCUT2D eigenvalue weighted by Crippen LogP contribution is 2.11. The fourth-order valence-electron chi connectivity index (χ4n) is 2.00. The number of hydrogen-bond donors (Lipinski definition) is 0. The van der Waals surface area contributed by atoms with Crippen molar-refractivity contribution in [3.8, 4) is 5.75 Å². The normalized spacial score (nSPS) is 18.2. The van der Waals surface area contributed by atoms with Gasteiger partial charge in [-0.3, -0.25) is 4.90 Å². The van der Waals surface area contributed by atoms with Gasteiger partial charge in [0.15, 0.2) is 0 Å². The Morgan fingerprint density at radius 3 is 2.35 bits per heavy atom. The molecule has 1 heterocycles. The van der Waals surface area contributed by atoms with Crippen LogP contribution >= 0.6 is 0 Å². The largest absolute Gasteiger partial charge is 0.492 e. The average Bonchev–Trinajstić information content (AvgIpc) is 2.34. The summed E-state index contributed by atoms with van der Waals surface area (Å²) < 4.78 is 5.74. The summed E-state index contributed by atoms with van der Waals surface area (Å²) in [5.41, 5.74) is 1.27. The van der Waals surface area contributed by atoms with E-state index >= 15 is 0 Å². The summed E-state index contributed by atoms with van der Waals surface area (Å²) in [6.07, 6.45) is 0. The van der Waals surface area contributed by atoms with Crippen LogP contribution in [0.15, 0.2) is 24.3 Å². The lowest BCUT2D eigenvalue weighted by Crippen LogP contribution is -2.45. The minimum absolute atomic E-state index is 0.784. The molecule has 0 aromatic heterocycles. The van der Waals surface area contributed by atoms with Crippen LogP contribution in [-0.4, -0.2) is 56.2 Å². The predicted molar refractivity (Wildman–Crippen MR) is 70.6 cm³/mol. The minimum Gasteiger partial charge on any atom is -0.492 e. The fraction of sp³-hybridized carbons (Fsp3) is 0.571. The van der Waals surface area contributed by atoms with Gasteiger partial charge in [0.25, 0.3) is 0 Å². The second-order valence-electron chi connectivity index (χ2n) is 4.81. The first kappa shape index (κ1) is 12.4. The molecule has 17 heavy (non-hydrogen) atoms. The highest BCUT2D eigenvalue weighted by Gasteiger charge is 2.12. The molecule has 1 aromatic rings. The molecule has 0 spiro atoms. The Bertz CT molecular complexity index is 329. The van der Waals surface area contributed by atoms with Crippen LogP contribution < -0.4 is 4.74 Å². The quantitative estimate of drug-likeness (QED) is 0.787. The van der Waals surface area contributed by atoms with Crippen molar-refractivity contribution in [1.82, 2.24) is 9.80 Å². The molecule has 0 radical (unpaired) electrons. The first-order valence-corrected chi connectivity index (χ1v) is 6.34. The summed E-state index contributed by atoms with van der Waals surface area (Å²) >= 11 is 0. The summed E-state index contributed by atoms with van der Waals surface area (Å²) in [6.45, 7) is 8.57. The van der Waals surface area contributed by atoms with Crippen LogP contribution in [0.3, 0.4) is 0 Å². The molecule has 1 aromatic carbocycles. The van der Waals surface area contributed by atoms with Gasteiger partial charge < -0.3 is 9.64 Å². The van der Waals surface area contributed by atoms with Crippen molar-refractivity contribution in [3.05, 3.63) is 29.8 Å². The zero-order chi connectivity index (χ0) is 12.1. The van der Waals surface area contributed by atoms with Gasteiger partial charge >= 0.3 is 0 Å². The molecular formula is C14H22N2O. The van der Waals surface area contributed by atoms with Crippen LogP contribution in [0.4, 0.5) is 0 Å². The topological polar surface area (TPSA) is 15.7 Å². The lowest BCUT2D eigenvalue weighted by Gasteiger charge is -2.32. The van der Waals surface area contributed by atoms with Gasteiger partial charge in [0.1, 0.15) is 12.4 Å². The summed E-state index contributed by atoms with van der Waals surface area (Å²) in [7, 11) is 2.18. The zero-order valence-electron chi connectivity index (χ0n) is 10.9. The average molecular weight is 234 g/mol. The standard InChI is InChI=1S/C14H22N2O/c1-13-3-5-14(6-4-13)17-12-11-16-9-7-15(2)8-10-16/h3-6H,7-12H2,1-2H3. The molecule has 0 unspecified atom stereocenters. The summed E-state index contributed by atoms with van der Waals surface area (Å²) in [4.78, 5) is 4.84. The van der Waals surface area contributed by atoms with E-state index in [1.54, 1.807) is 0 Å². The molecule has 0 saturated carbocycles. The van der Waals surface area contributed by atoms with E-state index in [-0.39, 0.29) is 0 Å². The molecule has 0 aliphatic carbocycles. The van der Waals surface area contributed by atoms with Crippen LogP contribution in [0.25, 0.3) is 0 Å². The Labute approximate surface area is 104 Å². The fourth-order valence-corrected chi connectivity index (χ4v) is 2.00. The molecule has 3 nitrogen and oxygen atoms in total. The number of likely N-dealkylation sites (N-methyl/N-ethyl adjacent to an activating group) is 1. The molecular weight excluding hydrogens is 212 g/mol. The highest BCUT2D eigenvalue weighted by molar-refractivity contribution is 5.26. The van der Waals surface area contributed by atoms with Gasteiger partial charge in [0.2, 0.25) is 0 Å². The third-order valence-electron chi connectivity index (χ3n) is 3.29. The van der Waals surface area contributed by atoms with Crippen molar-refractivity contribution in [3.63, 3.8) is 0 Å². The van der Waals surface area contributed by atoms with E-state index in [1.807, 2.05) is 12.1 Å². The lowest BCUT2D eigenvalue weighted by molar-refractivity contribution is 0.134. The van der Waals surface area contributed by atoms with E-state index in [1.165, 1.54) is 18.7 Å². The molecule has 94 valence electrons. The maximum Gasteiger partial charge on any atom is 0.119 e. The molecule has 0 bridgehead atoms. The minimum atomic E-state index is 0.784. The van der Waals surface area contributed by atoms with Crippen molar-refractivity contribution >= 4 is 0 Å². The predicted octanol–water partition coefficient (Wildman–Crippen LogP) is 1.62. The Hall–Kier alpha value is -1.06. The smallest absolute Gasteiger partial charge is 0.119 e. The number of hydrogen-bond acceptors (Lipinski definition) is 3. The van der Waals surface area contributed by atoms with Gasteiger partial charge in [-0.2, -0.15) is 0 Å². The highest BCUT2D eigenvalue weighted by atomic mass is 16.5. The Kier molecular flexibility index (Phi) is 4.40. The molecule has 2 rings (SSSR count). The number of nitrogens with zero attached hydrogens (tertiary/aromatic N) is 2. The van der Waals surface area contributed by atoms with Gasteiger partial charge in [-0.15, -0.1) is 0 Å². The van der Waals surface area contributed by atoms with Gasteiger partial charge in [0, 0.05) is 32.7 Å². The lowest BCUT2D eigenvalue weighted by atomic mass is 10.2. The second kappa shape index (κ2) is 6.03. The first-order valence-electron chi connectivity index (χ1n) is 6.34. The van der Waals surface area contributed by atoms with Gasteiger partial charge in [-0.25, -0.2) is 0 Å². The molecule has 1 aliphatic heterocycles. The second-order valence-corrected chi connectivity index (χ2v) is 4.81. The van der Waals surface area contributed by atoms with Crippen molar-refractivity contribution in [1.29, 1.82) is 0 Å². The number of aryl methyl sites for hydroxylation is 1. The maximum atomic E-state index is 5.74. The van der Waals surface area contributed by atoms with E-state index < -0.39 is 0 Å². The van der Waals surface area contributed by atoms with E-state index in [0.29, 0.717) is 0 Å². The third kappa shape index (κ3) is 4.02. The molecule has 3 heteroatoms. The zero-order valence-corrected chi connectivity index (χ0v) is 10.9. The number of ether oxygens (including phenoxy) is 1. The summed E-state index contributed by atoms with van der Waals surface area (Å²) in [5, 5.41) is 0. The third-order valence-corrected chi connectivity index (χ3v) is 3.29. The van der Waals surface area contributed by atoms with Crippen LogP contribution in [0.1, 0.15) is 5.56 Å². The maximum absolute atomic E-state index is 5.74. The van der Waals surface area contributed by atoms with Crippen molar-refractivity contribution in [2.75, 3.05) is 46.4 Å². The molecule has 0 N–H and O–H groups in total. The SMILES string of the molecule is Cc1ccc(OCCN2CCN(C)CC2)cc1. The Morgan fingerprint density at radius 1 is 1.06 bits per heavy atom. The molecule has 1 saturated heterocycles. The van der Waals surface area contributed by atoms with E-state index in [0.717, 1.165) is 32.0 Å². The van der Waals surface area contributed by atoms with E-state index in [2.05, 4.69) is 35.9 Å². The van der Waals surface area contributed by atoms with Crippen molar-refractivity contribution in [2.24, 2.45) is 0 Å². The summed E-state index contributed by atoms with van der Waals surface area (Å²) in [5.74, 6) is 0.977. The van der Waals surface area contributed by atoms with Gasteiger partial charge in [0.05, 0.1) is 0 Å².